The van der Waals surface area contributed by atoms with Crippen LogP contribution in [0.4, 0.5) is 0 Å². The first-order valence-electron chi connectivity index (χ1n) is 8.23. The molecule has 0 aromatic heterocycles. The Balaban J connectivity index is 1.74. The Morgan fingerprint density at radius 3 is 1.15 bits per heavy atom. The molecule has 0 saturated carbocycles. The van der Waals surface area contributed by atoms with Crippen LogP contribution in [0.3, 0.4) is 0 Å². The molecule has 20 heavy (non-hydrogen) atoms. The van der Waals surface area contributed by atoms with E-state index < -0.39 is 0 Å². The second-order valence-corrected chi connectivity index (χ2v) is 6.55. The summed E-state index contributed by atoms with van der Waals surface area (Å²) in [7, 11) is 0. The summed E-state index contributed by atoms with van der Waals surface area (Å²) in [6.07, 6.45) is 8.83. The average Bonchev–Trinajstić information content (AvgIpc) is 2.87. The largest absolute Gasteiger partial charge is 0.335 e. The Labute approximate surface area is 122 Å². The van der Waals surface area contributed by atoms with E-state index in [0.29, 0.717) is 12.3 Å². The zero-order valence-electron chi connectivity index (χ0n) is 12.4. The van der Waals surface area contributed by atoms with Crippen LogP contribution in [0.2, 0.25) is 0 Å². The van der Waals surface area contributed by atoms with Crippen molar-refractivity contribution in [3.05, 3.63) is 24.8 Å². The number of rotatable bonds is 0. The van der Waals surface area contributed by atoms with Gasteiger partial charge in [-0.2, -0.15) is 0 Å². The van der Waals surface area contributed by atoms with Gasteiger partial charge in [0.1, 0.15) is 12.3 Å². The van der Waals surface area contributed by atoms with Crippen LogP contribution < -0.4 is 0 Å². The monoisotopic (exact) mass is 274 g/mol. The Morgan fingerprint density at radius 2 is 0.850 bits per heavy atom. The second-order valence-electron chi connectivity index (χ2n) is 6.55. The fraction of sp³-hybridized carbons (Fsp3) is 0.750. The summed E-state index contributed by atoms with van der Waals surface area (Å²) in [5.41, 5.74) is 0. The third kappa shape index (κ3) is 1.60. The van der Waals surface area contributed by atoms with Gasteiger partial charge in [0, 0.05) is 26.2 Å². The highest BCUT2D eigenvalue weighted by Gasteiger charge is 2.54. The van der Waals surface area contributed by atoms with Gasteiger partial charge in [0.25, 0.3) is 0 Å². The maximum absolute atomic E-state index is 4.40. The Kier molecular flexibility index (Phi) is 2.86. The molecule has 4 heteroatoms. The first kappa shape index (κ1) is 12.4. The summed E-state index contributed by atoms with van der Waals surface area (Å²) in [6, 6.07) is 0. The molecule has 4 fully saturated rings. The van der Waals surface area contributed by atoms with Crippen molar-refractivity contribution >= 4 is 0 Å². The molecule has 0 spiro atoms. The van der Waals surface area contributed by atoms with Gasteiger partial charge in [0.05, 0.1) is 11.6 Å². The summed E-state index contributed by atoms with van der Waals surface area (Å²) in [5, 5.41) is 0. The molecule has 4 nitrogen and oxygen atoms in total. The van der Waals surface area contributed by atoms with Crippen LogP contribution in [0, 0.1) is 0 Å². The van der Waals surface area contributed by atoms with E-state index in [9.17, 15) is 0 Å². The van der Waals surface area contributed by atoms with E-state index in [1.807, 2.05) is 0 Å². The lowest BCUT2D eigenvalue weighted by atomic mass is 10.2. The minimum atomic E-state index is 0.464. The summed E-state index contributed by atoms with van der Waals surface area (Å²) >= 11 is 0. The van der Waals surface area contributed by atoms with Crippen LogP contribution in [0.25, 0.3) is 0 Å². The lowest BCUT2D eigenvalue weighted by Gasteiger charge is -2.37. The SMILES string of the molecule is C=C1N2CCCCCN1[C@H]1[C@@H]2N2CCCCCN1C2=C. The quantitative estimate of drug-likeness (QED) is 0.671. The van der Waals surface area contributed by atoms with Gasteiger partial charge in [0.15, 0.2) is 0 Å². The molecule has 0 unspecified atom stereocenters. The molecule has 0 N–H and O–H groups in total. The van der Waals surface area contributed by atoms with Crippen LogP contribution in [0.15, 0.2) is 24.8 Å². The first-order valence-corrected chi connectivity index (χ1v) is 8.23. The van der Waals surface area contributed by atoms with Crippen LogP contribution >= 0.6 is 0 Å². The molecule has 0 amide bonds. The standard InChI is InChI=1S/C16H26N4/c1-13-17-9-5-3-6-10-18(13)16-15(17)19-11-7-4-8-12-20(16)14(19)2/h15-16H,1-12H2/t15-,16+. The van der Waals surface area contributed by atoms with E-state index in [4.69, 9.17) is 0 Å². The van der Waals surface area contributed by atoms with Gasteiger partial charge in [-0.3, -0.25) is 0 Å². The third-order valence-electron chi connectivity index (χ3n) is 5.47. The molecule has 0 radical (unpaired) electrons. The topological polar surface area (TPSA) is 13.0 Å². The predicted molar refractivity (Wildman–Crippen MR) is 80.4 cm³/mol. The highest BCUT2D eigenvalue weighted by atomic mass is 15.7. The van der Waals surface area contributed by atoms with Gasteiger partial charge >= 0.3 is 0 Å². The Hall–Kier alpha value is -1.32. The van der Waals surface area contributed by atoms with Crippen molar-refractivity contribution in [1.82, 2.24) is 19.6 Å². The highest BCUT2D eigenvalue weighted by Crippen LogP contribution is 2.43. The Morgan fingerprint density at radius 1 is 0.550 bits per heavy atom. The van der Waals surface area contributed by atoms with Gasteiger partial charge in [-0.25, -0.2) is 0 Å². The van der Waals surface area contributed by atoms with Crippen molar-refractivity contribution in [3.8, 4) is 0 Å². The maximum Gasteiger partial charge on any atom is 0.144 e. The molecule has 0 atom stereocenters. The molecule has 0 aliphatic carbocycles. The zero-order valence-corrected chi connectivity index (χ0v) is 12.4. The lowest BCUT2D eigenvalue weighted by Crippen LogP contribution is -2.45. The van der Waals surface area contributed by atoms with E-state index in [-0.39, 0.29) is 0 Å². The second kappa shape index (κ2) is 4.61. The molecule has 4 saturated heterocycles. The molecule has 4 aliphatic rings. The van der Waals surface area contributed by atoms with Crippen molar-refractivity contribution in [3.63, 3.8) is 0 Å². The highest BCUT2D eigenvalue weighted by molar-refractivity contribution is 5.20. The number of hydrogen-bond donors (Lipinski definition) is 0. The summed E-state index contributed by atoms with van der Waals surface area (Å²) < 4.78 is 0. The summed E-state index contributed by atoms with van der Waals surface area (Å²) in [4.78, 5) is 10.2. The van der Waals surface area contributed by atoms with Crippen LogP contribution in [-0.2, 0) is 0 Å². The molecular formula is C16H26N4. The van der Waals surface area contributed by atoms with Crippen molar-refractivity contribution in [2.75, 3.05) is 26.2 Å². The molecule has 4 rings (SSSR count). The number of nitrogens with zero attached hydrogens (tertiary/aromatic N) is 4. The van der Waals surface area contributed by atoms with Crippen molar-refractivity contribution in [2.45, 2.75) is 50.9 Å². The molecular weight excluding hydrogens is 248 g/mol. The average molecular weight is 274 g/mol. The van der Waals surface area contributed by atoms with Gasteiger partial charge < -0.3 is 19.6 Å². The predicted octanol–water partition coefficient (Wildman–Crippen LogP) is 2.18. The molecule has 4 heterocycles. The van der Waals surface area contributed by atoms with Crippen molar-refractivity contribution in [1.29, 1.82) is 0 Å². The molecule has 4 bridgehead atoms. The van der Waals surface area contributed by atoms with Crippen molar-refractivity contribution < 1.29 is 0 Å². The van der Waals surface area contributed by atoms with E-state index in [2.05, 4.69) is 32.8 Å². The van der Waals surface area contributed by atoms with Crippen molar-refractivity contribution in [2.24, 2.45) is 0 Å². The van der Waals surface area contributed by atoms with Crippen LogP contribution in [0.1, 0.15) is 38.5 Å². The first-order chi connectivity index (χ1) is 9.79. The fourth-order valence-corrected chi connectivity index (χ4v) is 4.45. The molecule has 4 aliphatic heterocycles. The van der Waals surface area contributed by atoms with E-state index >= 15 is 0 Å². The smallest absolute Gasteiger partial charge is 0.144 e. The zero-order chi connectivity index (χ0) is 13.7. The van der Waals surface area contributed by atoms with Gasteiger partial charge in [-0.1, -0.05) is 13.2 Å². The van der Waals surface area contributed by atoms with E-state index in [1.54, 1.807) is 0 Å². The molecule has 0 aromatic carbocycles. The van der Waals surface area contributed by atoms with Crippen LogP contribution in [0.5, 0.6) is 0 Å². The summed E-state index contributed by atoms with van der Waals surface area (Å²) in [5.74, 6) is 2.51. The Bertz CT molecular complexity index is 360. The molecule has 110 valence electrons. The van der Waals surface area contributed by atoms with E-state index in [1.165, 1.54) is 50.2 Å². The normalized spacial score (nSPS) is 33.8. The minimum Gasteiger partial charge on any atom is -0.335 e. The number of fused-ring (bicyclic) bond motifs is 9. The minimum absolute atomic E-state index is 0.464. The van der Waals surface area contributed by atoms with Crippen LogP contribution in [-0.4, -0.2) is 58.1 Å². The van der Waals surface area contributed by atoms with E-state index in [0.717, 1.165) is 26.2 Å². The summed E-state index contributed by atoms with van der Waals surface area (Å²) in [6.45, 7) is 13.4. The van der Waals surface area contributed by atoms with Gasteiger partial charge in [0.2, 0.25) is 0 Å². The lowest BCUT2D eigenvalue weighted by molar-refractivity contribution is 0.134. The fourth-order valence-electron chi connectivity index (χ4n) is 4.45. The third-order valence-corrected chi connectivity index (χ3v) is 5.47. The number of hydrogen-bond acceptors (Lipinski definition) is 4. The molecule has 0 aromatic rings. The van der Waals surface area contributed by atoms with Gasteiger partial charge in [-0.15, -0.1) is 0 Å². The van der Waals surface area contributed by atoms with Gasteiger partial charge in [-0.05, 0) is 38.5 Å². The maximum atomic E-state index is 4.40.